The Morgan fingerprint density at radius 3 is 2.30 bits per heavy atom. The van der Waals surface area contributed by atoms with Crippen LogP contribution in [0.4, 0.5) is 11.4 Å². The molecular weight excluding hydrogens is 528 g/mol. The average Bonchev–Trinajstić information content (AvgIpc) is 2.98. The molecule has 40 heavy (non-hydrogen) atoms. The summed E-state index contributed by atoms with van der Waals surface area (Å²) in [6, 6.07) is 16.0. The summed E-state index contributed by atoms with van der Waals surface area (Å²) >= 11 is 6.08. The zero-order valence-electron chi connectivity index (χ0n) is 22.2. The lowest BCUT2D eigenvalue weighted by Crippen LogP contribution is -2.49. The van der Waals surface area contributed by atoms with Crippen LogP contribution in [0.5, 0.6) is 0 Å². The Morgan fingerprint density at radius 2 is 1.60 bits per heavy atom. The fraction of sp³-hybridized carbons (Fsp3) is 0.333. The van der Waals surface area contributed by atoms with Crippen molar-refractivity contribution < 1.29 is 14.4 Å². The number of rotatable bonds is 6. The summed E-state index contributed by atoms with van der Waals surface area (Å²) in [7, 11) is 0. The summed E-state index contributed by atoms with van der Waals surface area (Å²) in [5.41, 5.74) is 8.77. The molecule has 0 spiro atoms. The van der Waals surface area contributed by atoms with Gasteiger partial charge in [-0.05, 0) is 74.2 Å². The van der Waals surface area contributed by atoms with Gasteiger partial charge in [-0.25, -0.2) is 0 Å². The molecule has 1 aliphatic heterocycles. The topological polar surface area (TPSA) is 121 Å². The molecule has 10 heteroatoms. The molecule has 5 rings (SSSR count). The molecule has 0 unspecified atom stereocenters. The average molecular weight is 561 g/mol. The highest BCUT2D eigenvalue weighted by Crippen LogP contribution is 2.30. The maximum absolute atomic E-state index is 13.1. The van der Waals surface area contributed by atoms with Crippen molar-refractivity contribution in [3.63, 3.8) is 0 Å². The van der Waals surface area contributed by atoms with Crippen molar-refractivity contribution in [1.82, 2.24) is 15.2 Å². The monoisotopic (exact) mass is 560 g/mol. The Bertz CT molecular complexity index is 1370. The van der Waals surface area contributed by atoms with Gasteiger partial charge in [-0.3, -0.25) is 19.4 Å². The lowest BCUT2D eigenvalue weighted by molar-refractivity contribution is 0.0746. The third-order valence-electron chi connectivity index (χ3n) is 7.52. The number of nitrogens with zero attached hydrogens (tertiary/aromatic N) is 3. The Morgan fingerprint density at radius 1 is 0.850 bits per heavy atom. The van der Waals surface area contributed by atoms with E-state index in [9.17, 15) is 14.4 Å². The Balaban J connectivity index is 1.33. The molecule has 208 valence electrons. The predicted octanol–water partition coefficient (Wildman–Crippen LogP) is 3.95. The second kappa shape index (κ2) is 12.5. The van der Waals surface area contributed by atoms with Gasteiger partial charge in [0.15, 0.2) is 0 Å². The molecule has 2 aliphatic rings. The van der Waals surface area contributed by atoms with E-state index in [2.05, 4.69) is 20.5 Å². The number of hydrogen-bond acceptors (Lipinski definition) is 6. The van der Waals surface area contributed by atoms with E-state index in [4.69, 9.17) is 17.3 Å². The van der Waals surface area contributed by atoms with E-state index in [1.807, 2.05) is 6.07 Å². The summed E-state index contributed by atoms with van der Waals surface area (Å²) in [5, 5.41) is 6.63. The zero-order chi connectivity index (χ0) is 28.1. The van der Waals surface area contributed by atoms with Gasteiger partial charge >= 0.3 is 0 Å². The van der Waals surface area contributed by atoms with Gasteiger partial charge in [-0.1, -0.05) is 17.7 Å². The van der Waals surface area contributed by atoms with Gasteiger partial charge in [0.1, 0.15) is 0 Å². The number of benzene rings is 2. The molecule has 0 radical (unpaired) electrons. The smallest absolute Gasteiger partial charge is 0.257 e. The zero-order valence-corrected chi connectivity index (χ0v) is 22.9. The second-order valence-corrected chi connectivity index (χ2v) is 10.7. The largest absolute Gasteiger partial charge is 0.366 e. The second-order valence-electron chi connectivity index (χ2n) is 10.3. The highest BCUT2D eigenvalue weighted by atomic mass is 35.5. The number of carbonyl (C=O) groups excluding carboxylic acids is 3. The Hall–Kier alpha value is -3.95. The van der Waals surface area contributed by atoms with Crippen molar-refractivity contribution >= 4 is 40.7 Å². The van der Waals surface area contributed by atoms with E-state index in [-0.39, 0.29) is 29.8 Å². The summed E-state index contributed by atoms with van der Waals surface area (Å²) in [5.74, 6) is -0.563. The Labute approximate surface area is 238 Å². The maximum atomic E-state index is 13.1. The van der Waals surface area contributed by atoms with Crippen molar-refractivity contribution in [1.29, 1.82) is 0 Å². The molecule has 2 fully saturated rings. The van der Waals surface area contributed by atoms with Crippen LogP contribution in [0.25, 0.3) is 0 Å². The lowest BCUT2D eigenvalue weighted by atomic mass is 9.91. The van der Waals surface area contributed by atoms with Crippen LogP contribution in [0.15, 0.2) is 67.0 Å². The molecule has 2 heterocycles. The normalized spacial score (nSPS) is 19.1. The highest BCUT2D eigenvalue weighted by molar-refractivity contribution is 6.31. The van der Waals surface area contributed by atoms with E-state index >= 15 is 0 Å². The summed E-state index contributed by atoms with van der Waals surface area (Å²) in [4.78, 5) is 47.1. The first kappa shape index (κ1) is 27.6. The van der Waals surface area contributed by atoms with Crippen LogP contribution in [-0.2, 0) is 0 Å². The first-order valence-corrected chi connectivity index (χ1v) is 14.0. The van der Waals surface area contributed by atoms with E-state index in [0.717, 1.165) is 31.4 Å². The van der Waals surface area contributed by atoms with Gasteiger partial charge < -0.3 is 26.2 Å². The van der Waals surface area contributed by atoms with Crippen molar-refractivity contribution in [3.8, 4) is 0 Å². The number of nitrogens with two attached hydrogens (primary N) is 1. The molecular formula is C30H33ClN6O3. The molecule has 0 atom stereocenters. The first-order chi connectivity index (χ1) is 19.4. The number of halogens is 1. The fourth-order valence-corrected chi connectivity index (χ4v) is 5.42. The number of anilines is 2. The minimum Gasteiger partial charge on any atom is -0.366 e. The van der Waals surface area contributed by atoms with E-state index in [0.29, 0.717) is 53.6 Å². The number of carbonyl (C=O) groups is 3. The number of piperazine rings is 1. The first-order valence-electron chi connectivity index (χ1n) is 13.6. The highest BCUT2D eigenvalue weighted by Gasteiger charge is 2.26. The van der Waals surface area contributed by atoms with Crippen molar-refractivity contribution in [2.24, 2.45) is 5.73 Å². The van der Waals surface area contributed by atoms with Gasteiger partial charge in [-0.15, -0.1) is 0 Å². The van der Waals surface area contributed by atoms with E-state index in [1.165, 1.54) is 6.20 Å². The van der Waals surface area contributed by atoms with Crippen LogP contribution in [-0.4, -0.2) is 65.9 Å². The van der Waals surface area contributed by atoms with Crippen molar-refractivity contribution in [2.45, 2.75) is 37.8 Å². The molecule has 9 nitrogen and oxygen atoms in total. The molecule has 3 aromatic rings. The van der Waals surface area contributed by atoms with Crippen molar-refractivity contribution in [2.75, 3.05) is 36.4 Å². The standard InChI is InChI=1S/C30H33ClN6O3/c31-23-5-1-3-21(17-23)30(40)37-15-13-36(14-16-37)27-11-6-20(28(38)34-25-9-7-24(32)8-10-25)18-26(27)35-29(39)22-4-2-12-33-19-22/h1-6,11-12,17-19,24-25H,7-10,13-16,32H2,(H,34,38)(H,35,39). The molecule has 0 bridgehead atoms. The summed E-state index contributed by atoms with van der Waals surface area (Å²) in [6.45, 7) is 2.15. The number of hydrogen-bond donors (Lipinski definition) is 3. The molecule has 3 amide bonds. The third-order valence-corrected chi connectivity index (χ3v) is 7.75. The van der Waals surface area contributed by atoms with Gasteiger partial charge in [0, 0.05) is 66.8 Å². The number of pyridine rings is 1. The van der Waals surface area contributed by atoms with Gasteiger partial charge in [0.25, 0.3) is 17.7 Å². The lowest BCUT2D eigenvalue weighted by Gasteiger charge is -2.37. The summed E-state index contributed by atoms with van der Waals surface area (Å²) in [6.07, 6.45) is 6.60. The van der Waals surface area contributed by atoms with Crippen molar-refractivity contribution in [3.05, 3.63) is 88.7 Å². The number of amides is 3. The van der Waals surface area contributed by atoms with Gasteiger partial charge in [0.05, 0.1) is 16.9 Å². The molecule has 4 N–H and O–H groups in total. The molecule has 1 saturated carbocycles. The van der Waals surface area contributed by atoms with Gasteiger partial charge in [0.2, 0.25) is 0 Å². The maximum Gasteiger partial charge on any atom is 0.257 e. The van der Waals surface area contributed by atoms with Crippen LogP contribution >= 0.6 is 11.6 Å². The molecule has 2 aromatic carbocycles. The Kier molecular flexibility index (Phi) is 8.62. The predicted molar refractivity (Wildman–Crippen MR) is 156 cm³/mol. The van der Waals surface area contributed by atoms with Gasteiger partial charge in [-0.2, -0.15) is 0 Å². The number of aromatic nitrogens is 1. The SMILES string of the molecule is NC1CCC(NC(=O)c2ccc(N3CCN(C(=O)c4cccc(Cl)c4)CC3)c(NC(=O)c3cccnc3)c2)CC1. The molecule has 1 aromatic heterocycles. The minimum absolute atomic E-state index is 0.0667. The van der Waals surface area contributed by atoms with Crippen LogP contribution in [0, 0.1) is 0 Å². The van der Waals surface area contributed by atoms with Crippen LogP contribution in [0.1, 0.15) is 56.8 Å². The quantitative estimate of drug-likeness (QED) is 0.420. The minimum atomic E-state index is -0.317. The third kappa shape index (κ3) is 6.60. The molecule has 1 saturated heterocycles. The summed E-state index contributed by atoms with van der Waals surface area (Å²) < 4.78 is 0. The van der Waals surface area contributed by atoms with Crippen LogP contribution in [0.3, 0.4) is 0 Å². The van der Waals surface area contributed by atoms with E-state index in [1.54, 1.807) is 59.6 Å². The van der Waals surface area contributed by atoms with Crippen LogP contribution < -0.4 is 21.3 Å². The van der Waals surface area contributed by atoms with E-state index < -0.39 is 0 Å². The van der Waals surface area contributed by atoms with Crippen LogP contribution in [0.2, 0.25) is 5.02 Å². The molecule has 1 aliphatic carbocycles. The number of nitrogens with one attached hydrogen (secondary N) is 2. The fourth-order valence-electron chi connectivity index (χ4n) is 5.23.